The molecule has 0 rings (SSSR count). The van der Waals surface area contributed by atoms with Gasteiger partial charge in [-0.2, -0.15) is 0 Å². The van der Waals surface area contributed by atoms with E-state index < -0.39 is 6.10 Å². The van der Waals surface area contributed by atoms with Crippen LogP contribution >= 0.6 is 0 Å². The van der Waals surface area contributed by atoms with Crippen LogP contribution in [0.25, 0.3) is 0 Å². The third-order valence-electron chi connectivity index (χ3n) is 15.6. The van der Waals surface area contributed by atoms with Crippen molar-refractivity contribution in [3.05, 3.63) is 48.6 Å². The minimum atomic E-state index is -0.780. The molecule has 6 heteroatoms. The van der Waals surface area contributed by atoms with Gasteiger partial charge in [0, 0.05) is 19.3 Å². The Morgan fingerprint density at radius 1 is 0.256 bits per heavy atom. The van der Waals surface area contributed by atoms with Crippen molar-refractivity contribution in [3.63, 3.8) is 0 Å². The van der Waals surface area contributed by atoms with E-state index in [1.165, 1.54) is 257 Å². The first-order valence-corrected chi connectivity index (χ1v) is 34.6. The van der Waals surface area contributed by atoms with Crippen LogP contribution in [0.2, 0.25) is 0 Å². The third-order valence-corrected chi connectivity index (χ3v) is 15.6. The minimum absolute atomic E-state index is 0.0759. The van der Waals surface area contributed by atoms with Crippen molar-refractivity contribution in [3.8, 4) is 0 Å². The van der Waals surface area contributed by atoms with Crippen LogP contribution in [-0.4, -0.2) is 37.2 Å². The molecule has 0 amide bonds. The fourth-order valence-electron chi connectivity index (χ4n) is 10.3. The Hall–Kier alpha value is -2.63. The first-order valence-electron chi connectivity index (χ1n) is 34.6. The predicted octanol–water partition coefficient (Wildman–Crippen LogP) is 23.7. The molecule has 0 heterocycles. The van der Waals surface area contributed by atoms with Gasteiger partial charge in [0.05, 0.1) is 0 Å². The van der Waals surface area contributed by atoms with Gasteiger partial charge >= 0.3 is 17.9 Å². The van der Waals surface area contributed by atoms with E-state index in [2.05, 4.69) is 69.4 Å². The Morgan fingerprint density at radius 3 is 0.731 bits per heavy atom. The molecule has 0 saturated carbocycles. The maximum Gasteiger partial charge on any atom is 0.306 e. The molecule has 78 heavy (non-hydrogen) atoms. The zero-order valence-electron chi connectivity index (χ0n) is 52.5. The molecule has 0 saturated heterocycles. The SMILES string of the molecule is CCCCCCC/C=C\C/C=C\C/C=C\CCCCCCCCC(=O)OCC(COC(=O)CCCCCCCCC/C=C\CCCCCCCCC)OC(=O)CCCCCCCCCCCCCCCCCCCCCCC. The lowest BCUT2D eigenvalue weighted by atomic mass is 10.0. The fraction of sp³-hybridized carbons (Fsp3) is 0.847. The number of allylic oxidation sites excluding steroid dienone is 8. The third kappa shape index (κ3) is 64.2. The molecule has 0 radical (unpaired) electrons. The average Bonchev–Trinajstić information content (AvgIpc) is 3.44. The smallest absolute Gasteiger partial charge is 0.306 e. The highest BCUT2D eigenvalue weighted by molar-refractivity contribution is 5.71. The van der Waals surface area contributed by atoms with Crippen LogP contribution in [0, 0.1) is 0 Å². The minimum Gasteiger partial charge on any atom is -0.462 e. The van der Waals surface area contributed by atoms with Crippen LogP contribution in [0.1, 0.15) is 374 Å². The summed E-state index contributed by atoms with van der Waals surface area (Å²) in [5.41, 5.74) is 0. The van der Waals surface area contributed by atoms with E-state index in [1.807, 2.05) is 0 Å². The van der Waals surface area contributed by atoms with E-state index in [1.54, 1.807) is 0 Å². The molecular formula is C72H132O6. The van der Waals surface area contributed by atoms with Crippen molar-refractivity contribution in [2.24, 2.45) is 0 Å². The zero-order valence-corrected chi connectivity index (χ0v) is 52.5. The monoisotopic (exact) mass is 1090 g/mol. The quantitative estimate of drug-likeness (QED) is 0.0261. The van der Waals surface area contributed by atoms with Crippen molar-refractivity contribution in [2.75, 3.05) is 13.2 Å². The number of carbonyl (C=O) groups is 3. The van der Waals surface area contributed by atoms with Crippen molar-refractivity contribution >= 4 is 17.9 Å². The normalized spacial score (nSPS) is 12.3. The summed E-state index contributed by atoms with van der Waals surface area (Å²) in [7, 11) is 0. The van der Waals surface area contributed by atoms with Crippen molar-refractivity contribution in [1.82, 2.24) is 0 Å². The first kappa shape index (κ1) is 75.4. The first-order chi connectivity index (χ1) is 38.5. The molecule has 0 aliphatic rings. The standard InChI is InChI=1S/C72H132O6/c1-4-7-10-13-16-19-22-25-28-31-34-36-38-41-44-47-50-53-56-59-62-65-71(74)77-68-69(67-76-70(73)64-61-58-55-52-49-46-43-40-33-30-27-24-21-18-15-12-9-6-3)78-72(75)66-63-60-57-54-51-48-45-42-39-37-35-32-29-26-23-20-17-14-11-8-5-2/h22,25,30-31,33-34,38,41,69H,4-21,23-24,26-29,32,35-37,39-40,42-68H2,1-3H3/b25-22-,33-30-,34-31-,41-38-. The molecule has 0 aromatic carbocycles. The molecule has 1 atom stereocenters. The van der Waals surface area contributed by atoms with E-state index in [0.29, 0.717) is 19.3 Å². The Labute approximate surface area is 486 Å². The van der Waals surface area contributed by atoms with Gasteiger partial charge in [-0.3, -0.25) is 14.4 Å². The highest BCUT2D eigenvalue weighted by Crippen LogP contribution is 2.18. The molecule has 6 nitrogen and oxygen atoms in total. The van der Waals surface area contributed by atoms with Gasteiger partial charge in [0.25, 0.3) is 0 Å². The van der Waals surface area contributed by atoms with Crippen LogP contribution in [-0.2, 0) is 28.6 Å². The summed E-state index contributed by atoms with van der Waals surface area (Å²) in [6.07, 6.45) is 84.1. The summed E-state index contributed by atoms with van der Waals surface area (Å²) in [5.74, 6) is -0.866. The van der Waals surface area contributed by atoms with Gasteiger partial charge in [0.1, 0.15) is 13.2 Å². The van der Waals surface area contributed by atoms with E-state index in [0.717, 1.165) is 77.0 Å². The van der Waals surface area contributed by atoms with E-state index >= 15 is 0 Å². The highest BCUT2D eigenvalue weighted by Gasteiger charge is 2.19. The van der Waals surface area contributed by atoms with Gasteiger partial charge in [-0.15, -0.1) is 0 Å². The van der Waals surface area contributed by atoms with Crippen molar-refractivity contribution in [1.29, 1.82) is 0 Å². The zero-order chi connectivity index (χ0) is 56.4. The van der Waals surface area contributed by atoms with Gasteiger partial charge in [-0.05, 0) is 83.5 Å². The Bertz CT molecular complexity index is 1350. The number of carbonyl (C=O) groups excluding carboxylic acids is 3. The Morgan fingerprint density at radius 2 is 0.462 bits per heavy atom. The van der Waals surface area contributed by atoms with Gasteiger partial charge in [0.15, 0.2) is 6.10 Å². The highest BCUT2D eigenvalue weighted by atomic mass is 16.6. The lowest BCUT2D eigenvalue weighted by Crippen LogP contribution is -2.30. The molecule has 0 aliphatic heterocycles. The van der Waals surface area contributed by atoms with Gasteiger partial charge in [-0.1, -0.05) is 320 Å². The van der Waals surface area contributed by atoms with Crippen LogP contribution in [0.5, 0.6) is 0 Å². The summed E-state index contributed by atoms with van der Waals surface area (Å²) in [6.45, 7) is 6.68. The van der Waals surface area contributed by atoms with Gasteiger partial charge in [-0.25, -0.2) is 0 Å². The molecule has 0 fully saturated rings. The number of hydrogen-bond acceptors (Lipinski definition) is 6. The summed E-state index contributed by atoms with van der Waals surface area (Å²) in [5, 5.41) is 0. The number of hydrogen-bond donors (Lipinski definition) is 0. The summed E-state index contributed by atoms with van der Waals surface area (Å²) < 4.78 is 17.0. The molecule has 0 aromatic heterocycles. The molecule has 0 aliphatic carbocycles. The van der Waals surface area contributed by atoms with Crippen LogP contribution in [0.3, 0.4) is 0 Å². The van der Waals surface area contributed by atoms with Crippen LogP contribution in [0.4, 0.5) is 0 Å². The van der Waals surface area contributed by atoms with Gasteiger partial charge < -0.3 is 14.2 Å². The molecular weight excluding hydrogens is 961 g/mol. The maximum absolute atomic E-state index is 13.0. The lowest BCUT2D eigenvalue weighted by Gasteiger charge is -2.18. The second-order valence-electron chi connectivity index (χ2n) is 23.4. The molecule has 0 aromatic rings. The van der Waals surface area contributed by atoms with Crippen molar-refractivity contribution < 1.29 is 28.6 Å². The second kappa shape index (κ2) is 66.9. The summed E-state index contributed by atoms with van der Waals surface area (Å²) in [4.78, 5) is 38.4. The fourth-order valence-corrected chi connectivity index (χ4v) is 10.3. The number of ether oxygens (including phenoxy) is 3. The van der Waals surface area contributed by atoms with Crippen LogP contribution in [0.15, 0.2) is 48.6 Å². The molecule has 0 bridgehead atoms. The van der Waals surface area contributed by atoms with Crippen molar-refractivity contribution in [2.45, 2.75) is 380 Å². The predicted molar refractivity (Wildman–Crippen MR) is 339 cm³/mol. The van der Waals surface area contributed by atoms with E-state index in [4.69, 9.17) is 14.2 Å². The maximum atomic E-state index is 13.0. The average molecular weight is 1090 g/mol. The largest absolute Gasteiger partial charge is 0.462 e. The molecule has 0 spiro atoms. The second-order valence-corrected chi connectivity index (χ2v) is 23.4. The number of esters is 3. The van der Waals surface area contributed by atoms with Gasteiger partial charge in [0.2, 0.25) is 0 Å². The Balaban J connectivity index is 4.36. The molecule has 456 valence electrons. The Kier molecular flexibility index (Phi) is 64.6. The van der Waals surface area contributed by atoms with E-state index in [-0.39, 0.29) is 31.1 Å². The number of unbranched alkanes of at least 4 members (excludes halogenated alkanes) is 45. The van der Waals surface area contributed by atoms with Crippen LogP contribution < -0.4 is 0 Å². The molecule has 1 unspecified atom stereocenters. The summed E-state index contributed by atoms with van der Waals surface area (Å²) in [6, 6.07) is 0. The number of rotatable bonds is 64. The summed E-state index contributed by atoms with van der Waals surface area (Å²) >= 11 is 0. The molecule has 0 N–H and O–H groups in total. The topological polar surface area (TPSA) is 78.9 Å². The lowest BCUT2D eigenvalue weighted by molar-refractivity contribution is -0.167. The van der Waals surface area contributed by atoms with E-state index in [9.17, 15) is 14.4 Å².